The van der Waals surface area contributed by atoms with E-state index in [0.717, 1.165) is 17.4 Å². The average Bonchev–Trinajstić information content (AvgIpc) is 3.02. The van der Waals surface area contributed by atoms with Gasteiger partial charge in [-0.2, -0.15) is 5.10 Å². The second kappa shape index (κ2) is 6.46. The third-order valence-corrected chi connectivity index (χ3v) is 4.13. The number of nitrogens with zero attached hydrogens (tertiary/aromatic N) is 3. The lowest BCUT2D eigenvalue weighted by Crippen LogP contribution is -2.41. The van der Waals surface area contributed by atoms with Crippen LogP contribution in [0.1, 0.15) is 19.8 Å². The van der Waals surface area contributed by atoms with Gasteiger partial charge in [-0.1, -0.05) is 0 Å². The molecule has 116 valence electrons. The molecule has 21 heavy (non-hydrogen) atoms. The Hall–Kier alpha value is -1.57. The predicted molar refractivity (Wildman–Crippen MR) is 79.9 cm³/mol. The fourth-order valence-electron chi connectivity index (χ4n) is 2.32. The molecule has 7 nitrogen and oxygen atoms in total. The number of hydrogen-bond acceptors (Lipinski definition) is 3. The van der Waals surface area contributed by atoms with Crippen LogP contribution in [0.25, 0.3) is 0 Å². The number of carbonyl (C=O) groups is 2. The number of carboxylic acids is 1. The lowest BCUT2D eigenvalue weighted by molar-refractivity contribution is -0.146. The molecule has 1 aromatic rings. The Balaban J connectivity index is 1.70. The van der Waals surface area contributed by atoms with E-state index >= 15 is 0 Å². The highest BCUT2D eigenvalue weighted by Gasteiger charge is 2.42. The van der Waals surface area contributed by atoms with E-state index in [0.29, 0.717) is 19.5 Å². The van der Waals surface area contributed by atoms with Crippen LogP contribution in [-0.4, -0.2) is 51.4 Å². The number of amides is 2. The van der Waals surface area contributed by atoms with Crippen molar-refractivity contribution in [1.82, 2.24) is 20.0 Å². The molecule has 2 N–H and O–H groups in total. The van der Waals surface area contributed by atoms with Gasteiger partial charge in [0.15, 0.2) is 0 Å². The molecule has 1 atom stereocenters. The van der Waals surface area contributed by atoms with Crippen molar-refractivity contribution in [3.63, 3.8) is 0 Å². The minimum absolute atomic E-state index is 0.193. The van der Waals surface area contributed by atoms with Crippen molar-refractivity contribution in [2.24, 2.45) is 5.41 Å². The lowest BCUT2D eigenvalue weighted by Gasteiger charge is -2.20. The van der Waals surface area contributed by atoms with Gasteiger partial charge in [0.05, 0.1) is 16.1 Å². The largest absolute Gasteiger partial charge is 0.481 e. The van der Waals surface area contributed by atoms with Crippen LogP contribution in [0.2, 0.25) is 0 Å². The Morgan fingerprint density at radius 2 is 2.33 bits per heavy atom. The van der Waals surface area contributed by atoms with Gasteiger partial charge in [-0.05, 0) is 35.7 Å². The summed E-state index contributed by atoms with van der Waals surface area (Å²) < 4.78 is 2.73. The third-order valence-electron chi connectivity index (χ3n) is 3.72. The molecule has 8 heteroatoms. The molecule has 2 amide bonds. The number of aliphatic carboxylic acids is 1. The molecule has 0 aliphatic carbocycles. The van der Waals surface area contributed by atoms with Crippen molar-refractivity contribution in [2.75, 3.05) is 19.6 Å². The van der Waals surface area contributed by atoms with Crippen molar-refractivity contribution < 1.29 is 14.7 Å². The first-order chi connectivity index (χ1) is 9.90. The van der Waals surface area contributed by atoms with Crippen LogP contribution in [0.3, 0.4) is 0 Å². The number of hydrogen-bond donors (Lipinski definition) is 2. The lowest BCUT2D eigenvalue weighted by atomic mass is 9.90. The van der Waals surface area contributed by atoms with Crippen LogP contribution in [-0.2, 0) is 11.3 Å². The Morgan fingerprint density at radius 1 is 1.57 bits per heavy atom. The zero-order valence-corrected chi connectivity index (χ0v) is 13.5. The summed E-state index contributed by atoms with van der Waals surface area (Å²) in [5.41, 5.74) is -0.821. The molecule has 0 radical (unpaired) electrons. The van der Waals surface area contributed by atoms with Crippen LogP contribution in [0.5, 0.6) is 0 Å². The Morgan fingerprint density at radius 3 is 2.90 bits per heavy atom. The van der Waals surface area contributed by atoms with Gasteiger partial charge < -0.3 is 15.3 Å². The summed E-state index contributed by atoms with van der Waals surface area (Å²) in [6.07, 6.45) is 4.86. The fraction of sp³-hybridized carbons (Fsp3) is 0.615. The van der Waals surface area contributed by atoms with E-state index in [1.165, 1.54) is 0 Å². The number of carbonyl (C=O) groups excluding carboxylic acids is 1. The summed E-state index contributed by atoms with van der Waals surface area (Å²) in [7, 11) is 0. The van der Waals surface area contributed by atoms with Gasteiger partial charge in [-0.3, -0.25) is 9.48 Å². The van der Waals surface area contributed by atoms with Gasteiger partial charge in [0.2, 0.25) is 0 Å². The van der Waals surface area contributed by atoms with E-state index in [1.54, 1.807) is 22.7 Å². The van der Waals surface area contributed by atoms with E-state index in [2.05, 4.69) is 26.3 Å². The molecule has 1 fully saturated rings. The van der Waals surface area contributed by atoms with Crippen molar-refractivity contribution in [2.45, 2.75) is 26.3 Å². The third kappa shape index (κ3) is 3.96. The quantitative estimate of drug-likeness (QED) is 0.781. The normalized spacial score (nSPS) is 21.5. The topological polar surface area (TPSA) is 87.5 Å². The van der Waals surface area contributed by atoms with Gasteiger partial charge in [0, 0.05) is 32.4 Å². The van der Waals surface area contributed by atoms with Crippen LogP contribution >= 0.6 is 15.9 Å². The van der Waals surface area contributed by atoms with Crippen molar-refractivity contribution in [3.05, 3.63) is 16.9 Å². The number of halogens is 1. The number of likely N-dealkylation sites (tertiary alicyclic amines) is 1. The first-order valence-corrected chi connectivity index (χ1v) is 7.64. The number of aromatic nitrogens is 2. The van der Waals surface area contributed by atoms with Crippen LogP contribution in [0, 0.1) is 5.41 Å². The monoisotopic (exact) mass is 358 g/mol. The minimum atomic E-state index is -0.845. The summed E-state index contributed by atoms with van der Waals surface area (Å²) >= 11 is 3.32. The Bertz CT molecular complexity index is 533. The molecule has 1 aromatic heterocycles. The van der Waals surface area contributed by atoms with Gasteiger partial charge in [0.1, 0.15) is 0 Å². The SMILES string of the molecule is CC1(C(=O)O)CCN(C(=O)NCCCn2cc(Br)cn2)C1. The average molecular weight is 359 g/mol. The van der Waals surface area contributed by atoms with Crippen LogP contribution < -0.4 is 5.32 Å². The molecule has 1 aliphatic rings. The first kappa shape index (κ1) is 15.8. The van der Waals surface area contributed by atoms with E-state index in [1.807, 2.05) is 6.20 Å². The molecule has 1 aliphatic heterocycles. The molecule has 0 saturated carbocycles. The van der Waals surface area contributed by atoms with Crippen LogP contribution in [0.4, 0.5) is 4.79 Å². The highest BCUT2D eigenvalue weighted by Crippen LogP contribution is 2.29. The number of nitrogens with one attached hydrogen (secondary N) is 1. The maximum absolute atomic E-state index is 12.0. The Labute approximate surface area is 131 Å². The van der Waals surface area contributed by atoms with E-state index < -0.39 is 11.4 Å². The highest BCUT2D eigenvalue weighted by atomic mass is 79.9. The number of aryl methyl sites for hydroxylation is 1. The van der Waals surface area contributed by atoms with E-state index in [-0.39, 0.29) is 12.6 Å². The zero-order chi connectivity index (χ0) is 15.5. The van der Waals surface area contributed by atoms with E-state index in [9.17, 15) is 9.59 Å². The van der Waals surface area contributed by atoms with Crippen molar-refractivity contribution in [1.29, 1.82) is 0 Å². The molecule has 0 aromatic carbocycles. The maximum Gasteiger partial charge on any atom is 0.317 e. The molecule has 1 saturated heterocycles. The summed E-state index contributed by atoms with van der Waals surface area (Å²) in [5, 5.41) is 16.1. The molecular weight excluding hydrogens is 340 g/mol. The van der Waals surface area contributed by atoms with E-state index in [4.69, 9.17) is 5.11 Å². The maximum atomic E-state index is 12.0. The van der Waals surface area contributed by atoms with Crippen molar-refractivity contribution in [3.8, 4) is 0 Å². The van der Waals surface area contributed by atoms with Gasteiger partial charge in [0.25, 0.3) is 0 Å². The summed E-state index contributed by atoms with van der Waals surface area (Å²) in [6.45, 7) is 3.69. The second-order valence-corrected chi connectivity index (χ2v) is 6.46. The van der Waals surface area contributed by atoms with Gasteiger partial charge in [-0.25, -0.2) is 4.79 Å². The first-order valence-electron chi connectivity index (χ1n) is 6.85. The Kier molecular flexibility index (Phi) is 4.87. The van der Waals surface area contributed by atoms with Crippen LogP contribution in [0.15, 0.2) is 16.9 Å². The van der Waals surface area contributed by atoms with Gasteiger partial charge in [-0.15, -0.1) is 0 Å². The smallest absolute Gasteiger partial charge is 0.317 e. The minimum Gasteiger partial charge on any atom is -0.481 e. The molecule has 1 unspecified atom stereocenters. The van der Waals surface area contributed by atoms with Gasteiger partial charge >= 0.3 is 12.0 Å². The zero-order valence-electron chi connectivity index (χ0n) is 11.9. The number of rotatable bonds is 5. The summed E-state index contributed by atoms with van der Waals surface area (Å²) in [4.78, 5) is 24.7. The number of carboxylic acid groups (broad SMARTS) is 1. The molecule has 0 spiro atoms. The standard InChI is InChI=1S/C13H19BrN4O3/c1-13(11(19)20)3-6-17(9-13)12(21)15-4-2-5-18-8-10(14)7-16-18/h7-8H,2-6,9H2,1H3,(H,15,21)(H,19,20). The molecule has 2 rings (SSSR count). The summed E-state index contributed by atoms with van der Waals surface area (Å²) in [5.74, 6) is -0.845. The fourth-order valence-corrected chi connectivity index (χ4v) is 2.65. The van der Waals surface area contributed by atoms with Crippen molar-refractivity contribution >= 4 is 27.9 Å². The number of urea groups is 1. The second-order valence-electron chi connectivity index (χ2n) is 5.54. The highest BCUT2D eigenvalue weighted by molar-refractivity contribution is 9.10. The molecular formula is C13H19BrN4O3. The predicted octanol–water partition coefficient (Wildman–Crippen LogP) is 1.54. The molecule has 2 heterocycles. The summed E-state index contributed by atoms with van der Waals surface area (Å²) in [6, 6.07) is -0.193. The molecule has 0 bridgehead atoms.